The van der Waals surface area contributed by atoms with Crippen LogP contribution in [-0.2, 0) is 19.6 Å². The van der Waals surface area contributed by atoms with E-state index < -0.39 is 33.8 Å². The quantitative estimate of drug-likeness (QED) is 0.723. The van der Waals surface area contributed by atoms with Crippen LogP contribution in [0.5, 0.6) is 0 Å². The molecule has 0 fully saturated rings. The summed E-state index contributed by atoms with van der Waals surface area (Å²) in [5.41, 5.74) is 1.21. The molecule has 0 bridgehead atoms. The number of anilines is 1. The van der Waals surface area contributed by atoms with Crippen LogP contribution in [0.4, 0.5) is 10.1 Å². The van der Waals surface area contributed by atoms with Crippen molar-refractivity contribution in [3.05, 3.63) is 58.9 Å². The van der Waals surface area contributed by atoms with Gasteiger partial charge in [-0.25, -0.2) is 21.9 Å². The maximum atomic E-state index is 13.6. The molecular formula is C20H23FN2O5S. The Kier molecular flexibility index (Phi) is 6.76. The monoisotopic (exact) mass is 422 g/mol. The number of hydrogen-bond donors (Lipinski definition) is 1. The first-order valence-corrected chi connectivity index (χ1v) is 10.2. The Balaban J connectivity index is 2.16. The van der Waals surface area contributed by atoms with Crippen molar-refractivity contribution >= 4 is 27.6 Å². The van der Waals surface area contributed by atoms with Crippen LogP contribution >= 0.6 is 0 Å². The maximum absolute atomic E-state index is 13.6. The number of carbonyl (C=O) groups is 2. The summed E-state index contributed by atoms with van der Waals surface area (Å²) in [5, 5.41) is 2.47. The Bertz CT molecular complexity index is 1050. The fraction of sp³-hybridized carbons (Fsp3) is 0.300. The van der Waals surface area contributed by atoms with Gasteiger partial charge in [0.25, 0.3) is 5.91 Å². The van der Waals surface area contributed by atoms with E-state index >= 15 is 0 Å². The topological polar surface area (TPSA) is 92.8 Å². The number of rotatable bonds is 6. The lowest BCUT2D eigenvalue weighted by atomic mass is 10.1. The van der Waals surface area contributed by atoms with E-state index in [9.17, 15) is 22.4 Å². The summed E-state index contributed by atoms with van der Waals surface area (Å²) >= 11 is 0. The van der Waals surface area contributed by atoms with Crippen LogP contribution in [0.1, 0.15) is 28.4 Å². The van der Waals surface area contributed by atoms with Crippen molar-refractivity contribution in [3.63, 3.8) is 0 Å². The summed E-state index contributed by atoms with van der Waals surface area (Å²) in [7, 11) is -0.967. The first-order valence-electron chi connectivity index (χ1n) is 8.74. The molecule has 2 rings (SSSR count). The summed E-state index contributed by atoms with van der Waals surface area (Å²) in [4.78, 5) is 24.7. The number of esters is 1. The highest BCUT2D eigenvalue weighted by atomic mass is 32.2. The largest absolute Gasteiger partial charge is 0.449 e. The van der Waals surface area contributed by atoms with Gasteiger partial charge in [-0.3, -0.25) is 4.79 Å². The molecule has 0 radical (unpaired) electrons. The molecule has 0 unspecified atom stereocenters. The van der Waals surface area contributed by atoms with Gasteiger partial charge in [0.15, 0.2) is 6.10 Å². The fourth-order valence-electron chi connectivity index (χ4n) is 2.38. The Morgan fingerprint density at radius 2 is 1.69 bits per heavy atom. The second-order valence-electron chi connectivity index (χ2n) is 6.76. The molecule has 0 saturated heterocycles. The number of aryl methyl sites for hydroxylation is 2. The fourth-order valence-corrected chi connectivity index (χ4v) is 3.31. The predicted molar refractivity (Wildman–Crippen MR) is 107 cm³/mol. The molecule has 29 heavy (non-hydrogen) atoms. The lowest BCUT2D eigenvalue weighted by molar-refractivity contribution is -0.123. The molecule has 1 amide bonds. The van der Waals surface area contributed by atoms with E-state index in [0.29, 0.717) is 11.1 Å². The van der Waals surface area contributed by atoms with Gasteiger partial charge in [0, 0.05) is 19.8 Å². The number of benzene rings is 2. The Morgan fingerprint density at radius 3 is 2.28 bits per heavy atom. The van der Waals surface area contributed by atoms with Crippen LogP contribution in [0, 0.1) is 19.7 Å². The predicted octanol–water partition coefficient (Wildman–Crippen LogP) is 2.88. The van der Waals surface area contributed by atoms with E-state index in [2.05, 4.69) is 5.32 Å². The second kappa shape index (κ2) is 8.71. The van der Waals surface area contributed by atoms with Crippen LogP contribution in [0.2, 0.25) is 0 Å². The van der Waals surface area contributed by atoms with Gasteiger partial charge in [0.2, 0.25) is 10.0 Å². The highest BCUT2D eigenvalue weighted by molar-refractivity contribution is 7.89. The van der Waals surface area contributed by atoms with Gasteiger partial charge in [0.05, 0.1) is 10.5 Å². The number of halogens is 1. The van der Waals surface area contributed by atoms with E-state index in [0.717, 1.165) is 4.31 Å². The minimum atomic E-state index is -3.73. The van der Waals surface area contributed by atoms with Crippen molar-refractivity contribution < 1.29 is 27.1 Å². The molecule has 0 heterocycles. The zero-order valence-electron chi connectivity index (χ0n) is 16.8. The SMILES string of the molecule is Cc1ccc(NC(=O)[C@H](C)OC(=O)c2cc(S(=O)(=O)N(C)C)ccc2C)cc1F. The van der Waals surface area contributed by atoms with Crippen molar-refractivity contribution in [1.29, 1.82) is 0 Å². The number of nitrogens with zero attached hydrogens (tertiary/aromatic N) is 1. The van der Waals surface area contributed by atoms with E-state index in [1.807, 2.05) is 0 Å². The summed E-state index contributed by atoms with van der Waals surface area (Å²) in [6.45, 7) is 4.59. The number of nitrogens with one attached hydrogen (secondary N) is 1. The molecule has 7 nitrogen and oxygen atoms in total. The van der Waals surface area contributed by atoms with Crippen LogP contribution in [0.3, 0.4) is 0 Å². The maximum Gasteiger partial charge on any atom is 0.339 e. The van der Waals surface area contributed by atoms with Crippen molar-refractivity contribution in [2.45, 2.75) is 31.8 Å². The van der Waals surface area contributed by atoms with Gasteiger partial charge in [-0.1, -0.05) is 12.1 Å². The molecule has 1 atom stereocenters. The lowest BCUT2D eigenvalue weighted by Crippen LogP contribution is -2.30. The minimum Gasteiger partial charge on any atom is -0.449 e. The summed E-state index contributed by atoms with van der Waals surface area (Å²) in [6.07, 6.45) is -1.18. The second-order valence-corrected chi connectivity index (χ2v) is 8.92. The van der Waals surface area contributed by atoms with Gasteiger partial charge in [-0.05, 0) is 56.2 Å². The zero-order valence-corrected chi connectivity index (χ0v) is 17.6. The van der Waals surface area contributed by atoms with Gasteiger partial charge in [0.1, 0.15) is 5.82 Å². The van der Waals surface area contributed by atoms with Gasteiger partial charge in [-0.15, -0.1) is 0 Å². The Labute approximate surface area is 169 Å². The van der Waals surface area contributed by atoms with Crippen LogP contribution in [-0.4, -0.2) is 44.8 Å². The molecule has 0 aliphatic carbocycles. The lowest BCUT2D eigenvalue weighted by Gasteiger charge is -2.16. The molecule has 0 aromatic heterocycles. The van der Waals surface area contributed by atoms with Crippen molar-refractivity contribution in [2.24, 2.45) is 0 Å². The van der Waals surface area contributed by atoms with E-state index in [1.54, 1.807) is 13.8 Å². The summed E-state index contributed by atoms with van der Waals surface area (Å²) in [5.74, 6) is -1.95. The van der Waals surface area contributed by atoms with E-state index in [1.165, 1.54) is 57.4 Å². The van der Waals surface area contributed by atoms with E-state index in [-0.39, 0.29) is 16.1 Å². The Hall–Kier alpha value is -2.78. The Morgan fingerprint density at radius 1 is 1.07 bits per heavy atom. The number of hydrogen-bond acceptors (Lipinski definition) is 5. The molecule has 1 N–H and O–H groups in total. The van der Waals surface area contributed by atoms with Crippen LogP contribution in [0.15, 0.2) is 41.3 Å². The summed E-state index contributed by atoms with van der Waals surface area (Å²) in [6, 6.07) is 8.32. The minimum absolute atomic E-state index is 0.0361. The molecule has 0 aliphatic heterocycles. The molecule has 9 heteroatoms. The number of ether oxygens (including phenoxy) is 1. The highest BCUT2D eigenvalue weighted by Crippen LogP contribution is 2.20. The van der Waals surface area contributed by atoms with Gasteiger partial charge < -0.3 is 10.1 Å². The van der Waals surface area contributed by atoms with Gasteiger partial charge >= 0.3 is 5.97 Å². The normalized spacial score (nSPS) is 12.5. The van der Waals surface area contributed by atoms with E-state index in [4.69, 9.17) is 4.74 Å². The number of sulfonamides is 1. The highest BCUT2D eigenvalue weighted by Gasteiger charge is 2.24. The van der Waals surface area contributed by atoms with Crippen molar-refractivity contribution in [3.8, 4) is 0 Å². The molecule has 156 valence electrons. The summed E-state index contributed by atoms with van der Waals surface area (Å²) < 4.78 is 44.4. The standard InChI is InChI=1S/C20H23FN2O5S/c1-12-7-9-16(29(26,27)23(4)5)11-17(12)20(25)28-14(3)19(24)22-15-8-6-13(2)18(21)10-15/h6-11,14H,1-5H3,(H,22,24)/t14-/m0/s1. The average Bonchev–Trinajstić information content (AvgIpc) is 2.64. The smallest absolute Gasteiger partial charge is 0.339 e. The molecule has 0 saturated carbocycles. The number of amides is 1. The molecule has 0 spiro atoms. The molecule has 0 aliphatic rings. The number of carbonyl (C=O) groups excluding carboxylic acids is 2. The average molecular weight is 422 g/mol. The zero-order chi connectivity index (χ0) is 21.9. The third-order valence-electron chi connectivity index (χ3n) is 4.30. The first kappa shape index (κ1) is 22.5. The van der Waals surface area contributed by atoms with Crippen molar-refractivity contribution in [1.82, 2.24) is 4.31 Å². The van der Waals surface area contributed by atoms with Crippen LogP contribution in [0.25, 0.3) is 0 Å². The third-order valence-corrected chi connectivity index (χ3v) is 6.11. The molecular weight excluding hydrogens is 399 g/mol. The molecule has 2 aromatic carbocycles. The van der Waals surface area contributed by atoms with Gasteiger partial charge in [-0.2, -0.15) is 0 Å². The van der Waals surface area contributed by atoms with Crippen LogP contribution < -0.4 is 5.32 Å². The first-order chi connectivity index (χ1) is 13.4. The molecule has 2 aromatic rings. The third kappa shape index (κ3) is 5.18. The van der Waals surface area contributed by atoms with Crippen molar-refractivity contribution in [2.75, 3.05) is 19.4 Å².